The summed E-state index contributed by atoms with van der Waals surface area (Å²) in [5, 5.41) is 3.45. The SMILES string of the molecule is Cc1ccc(C)c(OCCCCCCNC(C)C)c1C. The van der Waals surface area contributed by atoms with Crippen LogP contribution in [-0.2, 0) is 0 Å². The molecule has 0 saturated heterocycles. The van der Waals surface area contributed by atoms with Crippen LogP contribution in [0, 0.1) is 20.8 Å². The molecule has 1 aromatic rings. The molecule has 0 radical (unpaired) electrons. The highest BCUT2D eigenvalue weighted by atomic mass is 16.5. The van der Waals surface area contributed by atoms with E-state index in [4.69, 9.17) is 4.74 Å². The van der Waals surface area contributed by atoms with Gasteiger partial charge < -0.3 is 10.1 Å². The first-order valence-corrected chi connectivity index (χ1v) is 7.95. The molecule has 0 aromatic heterocycles. The highest BCUT2D eigenvalue weighted by Gasteiger charge is 2.05. The minimum absolute atomic E-state index is 0.602. The van der Waals surface area contributed by atoms with Crippen LogP contribution in [0.1, 0.15) is 56.2 Å². The van der Waals surface area contributed by atoms with Crippen LogP contribution in [0.15, 0.2) is 12.1 Å². The summed E-state index contributed by atoms with van der Waals surface area (Å²) in [4.78, 5) is 0. The Labute approximate surface area is 124 Å². The summed E-state index contributed by atoms with van der Waals surface area (Å²) in [5.41, 5.74) is 3.84. The molecule has 1 aromatic carbocycles. The maximum Gasteiger partial charge on any atom is 0.125 e. The normalized spacial score (nSPS) is 11.1. The maximum absolute atomic E-state index is 5.98. The van der Waals surface area contributed by atoms with E-state index in [1.54, 1.807) is 0 Å². The molecule has 0 atom stereocenters. The first kappa shape index (κ1) is 17.0. The fourth-order valence-electron chi connectivity index (χ4n) is 2.29. The fourth-order valence-corrected chi connectivity index (χ4v) is 2.29. The summed E-state index contributed by atoms with van der Waals surface area (Å²) in [5.74, 6) is 1.09. The molecule has 20 heavy (non-hydrogen) atoms. The molecule has 2 nitrogen and oxygen atoms in total. The van der Waals surface area contributed by atoms with Crippen LogP contribution in [-0.4, -0.2) is 19.2 Å². The Balaban J connectivity index is 2.17. The van der Waals surface area contributed by atoms with Gasteiger partial charge >= 0.3 is 0 Å². The number of nitrogens with one attached hydrogen (secondary N) is 1. The predicted octanol–water partition coefficient (Wildman–Crippen LogP) is 4.55. The molecular weight excluding hydrogens is 246 g/mol. The van der Waals surface area contributed by atoms with Gasteiger partial charge in [-0.2, -0.15) is 0 Å². The van der Waals surface area contributed by atoms with Crippen LogP contribution in [0.2, 0.25) is 0 Å². The van der Waals surface area contributed by atoms with E-state index in [1.165, 1.54) is 36.0 Å². The van der Waals surface area contributed by atoms with Crippen LogP contribution in [0.5, 0.6) is 5.75 Å². The summed E-state index contributed by atoms with van der Waals surface area (Å²) in [6.07, 6.45) is 4.95. The minimum Gasteiger partial charge on any atom is -0.493 e. The van der Waals surface area contributed by atoms with Crippen molar-refractivity contribution < 1.29 is 4.74 Å². The van der Waals surface area contributed by atoms with Gasteiger partial charge in [0.15, 0.2) is 0 Å². The third-order valence-corrected chi connectivity index (χ3v) is 3.74. The maximum atomic E-state index is 5.98. The van der Waals surface area contributed by atoms with Gasteiger partial charge in [-0.05, 0) is 56.8 Å². The van der Waals surface area contributed by atoms with Crippen molar-refractivity contribution in [1.82, 2.24) is 5.32 Å². The average Bonchev–Trinajstić information content (AvgIpc) is 2.40. The molecule has 114 valence electrons. The van der Waals surface area contributed by atoms with E-state index in [1.807, 2.05) is 0 Å². The first-order valence-electron chi connectivity index (χ1n) is 7.95. The van der Waals surface area contributed by atoms with Gasteiger partial charge in [-0.25, -0.2) is 0 Å². The minimum atomic E-state index is 0.602. The second kappa shape index (κ2) is 9.02. The van der Waals surface area contributed by atoms with Crippen molar-refractivity contribution in [3.8, 4) is 5.75 Å². The van der Waals surface area contributed by atoms with Gasteiger partial charge in [0.1, 0.15) is 5.75 Å². The van der Waals surface area contributed by atoms with Crippen molar-refractivity contribution in [1.29, 1.82) is 0 Å². The third-order valence-electron chi connectivity index (χ3n) is 3.74. The zero-order chi connectivity index (χ0) is 15.0. The number of rotatable bonds is 9. The highest BCUT2D eigenvalue weighted by molar-refractivity contribution is 5.44. The lowest BCUT2D eigenvalue weighted by Crippen LogP contribution is -2.23. The molecule has 0 aliphatic carbocycles. The van der Waals surface area contributed by atoms with E-state index in [9.17, 15) is 0 Å². The summed E-state index contributed by atoms with van der Waals surface area (Å²) in [6, 6.07) is 4.92. The number of hydrogen-bond donors (Lipinski definition) is 1. The largest absolute Gasteiger partial charge is 0.493 e. The molecule has 0 spiro atoms. The van der Waals surface area contributed by atoms with Crippen molar-refractivity contribution in [2.45, 2.75) is 66.3 Å². The zero-order valence-corrected chi connectivity index (χ0v) is 13.9. The highest BCUT2D eigenvalue weighted by Crippen LogP contribution is 2.25. The molecule has 0 fully saturated rings. The molecule has 1 N–H and O–H groups in total. The van der Waals surface area contributed by atoms with Crippen LogP contribution in [0.3, 0.4) is 0 Å². The number of hydrogen-bond acceptors (Lipinski definition) is 2. The lowest BCUT2D eigenvalue weighted by Gasteiger charge is -2.14. The summed E-state index contributed by atoms with van der Waals surface area (Å²) in [7, 11) is 0. The van der Waals surface area contributed by atoms with Crippen molar-refractivity contribution in [3.05, 3.63) is 28.8 Å². The second-order valence-electron chi connectivity index (χ2n) is 6.02. The quantitative estimate of drug-likeness (QED) is 0.669. The molecule has 0 bridgehead atoms. The first-order chi connectivity index (χ1) is 9.52. The van der Waals surface area contributed by atoms with Gasteiger partial charge in [0.2, 0.25) is 0 Å². The molecule has 0 heterocycles. The molecule has 2 heteroatoms. The molecule has 0 aliphatic rings. The smallest absolute Gasteiger partial charge is 0.125 e. The third kappa shape index (κ3) is 5.96. The van der Waals surface area contributed by atoms with Gasteiger partial charge in [0, 0.05) is 6.04 Å². The molecule has 0 aliphatic heterocycles. The molecule has 0 saturated carbocycles. The second-order valence-corrected chi connectivity index (χ2v) is 6.02. The zero-order valence-electron chi connectivity index (χ0n) is 13.9. The van der Waals surface area contributed by atoms with E-state index < -0.39 is 0 Å². The Kier molecular flexibility index (Phi) is 7.68. The topological polar surface area (TPSA) is 21.3 Å². The number of aryl methyl sites for hydroxylation is 2. The van der Waals surface area contributed by atoms with Gasteiger partial charge in [-0.1, -0.05) is 38.8 Å². The van der Waals surface area contributed by atoms with E-state index in [0.29, 0.717) is 6.04 Å². The average molecular weight is 277 g/mol. The number of ether oxygens (including phenoxy) is 1. The number of benzene rings is 1. The molecule has 0 unspecified atom stereocenters. The van der Waals surface area contributed by atoms with Crippen LogP contribution >= 0.6 is 0 Å². The monoisotopic (exact) mass is 277 g/mol. The van der Waals surface area contributed by atoms with Gasteiger partial charge in [-0.15, -0.1) is 0 Å². The molecule has 1 rings (SSSR count). The molecular formula is C18H31NO. The lowest BCUT2D eigenvalue weighted by atomic mass is 10.1. The standard InChI is InChI=1S/C18H31NO/c1-14(2)19-12-8-6-7-9-13-20-18-16(4)11-10-15(3)17(18)5/h10-11,14,19H,6-9,12-13H2,1-5H3. The van der Waals surface area contributed by atoms with Crippen molar-refractivity contribution in [3.63, 3.8) is 0 Å². The predicted molar refractivity (Wildman–Crippen MR) is 87.8 cm³/mol. The van der Waals surface area contributed by atoms with Gasteiger partial charge in [0.25, 0.3) is 0 Å². The Morgan fingerprint density at radius 3 is 2.30 bits per heavy atom. The van der Waals surface area contributed by atoms with Crippen LogP contribution < -0.4 is 10.1 Å². The summed E-state index contributed by atoms with van der Waals surface area (Å²) in [6.45, 7) is 12.8. The van der Waals surface area contributed by atoms with E-state index in [2.05, 4.69) is 52.1 Å². The van der Waals surface area contributed by atoms with E-state index in [-0.39, 0.29) is 0 Å². The van der Waals surface area contributed by atoms with Crippen LogP contribution in [0.25, 0.3) is 0 Å². The Morgan fingerprint density at radius 2 is 1.60 bits per heavy atom. The summed E-state index contributed by atoms with van der Waals surface area (Å²) < 4.78 is 5.98. The number of unbranched alkanes of at least 4 members (excludes halogenated alkanes) is 3. The van der Waals surface area contributed by atoms with Crippen molar-refractivity contribution in [2.24, 2.45) is 0 Å². The molecule has 0 amide bonds. The summed E-state index contributed by atoms with van der Waals surface area (Å²) >= 11 is 0. The Hall–Kier alpha value is -1.02. The Morgan fingerprint density at radius 1 is 0.950 bits per heavy atom. The van der Waals surface area contributed by atoms with E-state index in [0.717, 1.165) is 25.3 Å². The van der Waals surface area contributed by atoms with Gasteiger partial charge in [-0.3, -0.25) is 0 Å². The van der Waals surface area contributed by atoms with Crippen molar-refractivity contribution in [2.75, 3.05) is 13.2 Å². The lowest BCUT2D eigenvalue weighted by molar-refractivity contribution is 0.300. The van der Waals surface area contributed by atoms with E-state index >= 15 is 0 Å². The van der Waals surface area contributed by atoms with Gasteiger partial charge in [0.05, 0.1) is 6.61 Å². The van der Waals surface area contributed by atoms with Crippen molar-refractivity contribution >= 4 is 0 Å². The van der Waals surface area contributed by atoms with Crippen LogP contribution in [0.4, 0.5) is 0 Å². The fraction of sp³-hybridized carbons (Fsp3) is 0.667. The Bertz CT molecular complexity index is 399.